The molecule has 0 bridgehead atoms. The summed E-state index contributed by atoms with van der Waals surface area (Å²) in [7, 11) is 1.31. The summed E-state index contributed by atoms with van der Waals surface area (Å²) in [6.45, 7) is 4.00. The van der Waals surface area contributed by atoms with Gasteiger partial charge in [-0.25, -0.2) is 4.68 Å². The van der Waals surface area contributed by atoms with Crippen LogP contribution in [0.2, 0.25) is 0 Å². The van der Waals surface area contributed by atoms with Crippen molar-refractivity contribution in [1.82, 2.24) is 15.0 Å². The van der Waals surface area contributed by atoms with E-state index in [0.29, 0.717) is 12.1 Å². The molecule has 6 nitrogen and oxygen atoms in total. The van der Waals surface area contributed by atoms with Crippen molar-refractivity contribution in [3.05, 3.63) is 11.9 Å². The van der Waals surface area contributed by atoms with Crippen LogP contribution in [0.25, 0.3) is 0 Å². The fourth-order valence-corrected chi connectivity index (χ4v) is 1.12. The average Bonchev–Trinajstić information content (AvgIpc) is 2.65. The molecule has 1 aromatic rings. The first-order valence-corrected chi connectivity index (χ1v) is 4.78. The molecule has 6 heteroatoms. The van der Waals surface area contributed by atoms with Gasteiger partial charge in [0.1, 0.15) is 6.04 Å². The van der Waals surface area contributed by atoms with Gasteiger partial charge in [0.05, 0.1) is 12.8 Å². The van der Waals surface area contributed by atoms with Gasteiger partial charge in [0.2, 0.25) is 0 Å². The van der Waals surface area contributed by atoms with E-state index in [0.717, 1.165) is 0 Å². The van der Waals surface area contributed by atoms with E-state index in [2.05, 4.69) is 15.0 Å². The highest BCUT2D eigenvalue weighted by Crippen LogP contribution is 2.04. The Hall–Kier alpha value is -1.43. The van der Waals surface area contributed by atoms with Gasteiger partial charge in [0, 0.05) is 18.7 Å². The summed E-state index contributed by atoms with van der Waals surface area (Å²) in [5, 5.41) is 7.83. The Bertz CT molecular complexity index is 335. The summed E-state index contributed by atoms with van der Waals surface area (Å²) in [6.07, 6.45) is 2.13. The van der Waals surface area contributed by atoms with Crippen molar-refractivity contribution in [2.24, 2.45) is 5.73 Å². The Morgan fingerprint density at radius 1 is 1.67 bits per heavy atom. The minimum Gasteiger partial charge on any atom is -0.468 e. The van der Waals surface area contributed by atoms with Crippen LogP contribution in [0.4, 0.5) is 0 Å². The first kappa shape index (κ1) is 11.6. The predicted molar refractivity (Wildman–Crippen MR) is 54.1 cm³/mol. The third-order valence-electron chi connectivity index (χ3n) is 2.02. The van der Waals surface area contributed by atoms with Crippen molar-refractivity contribution in [2.45, 2.75) is 32.4 Å². The maximum Gasteiger partial charge on any atom is 0.323 e. The predicted octanol–water partition coefficient (Wildman–Crippen LogP) is -0.0982. The van der Waals surface area contributed by atoms with Crippen LogP contribution in [0.5, 0.6) is 0 Å². The molecule has 84 valence electrons. The number of methoxy groups -OCH3 is 1. The maximum atomic E-state index is 11.1. The fraction of sp³-hybridized carbons (Fsp3) is 0.667. The van der Waals surface area contributed by atoms with Gasteiger partial charge in [-0.3, -0.25) is 4.79 Å². The van der Waals surface area contributed by atoms with E-state index in [9.17, 15) is 4.79 Å². The topological polar surface area (TPSA) is 83.0 Å². The molecule has 2 N–H and O–H groups in total. The summed E-state index contributed by atoms with van der Waals surface area (Å²) >= 11 is 0. The Morgan fingerprint density at radius 3 is 2.80 bits per heavy atom. The Balaban J connectivity index is 2.61. The van der Waals surface area contributed by atoms with Crippen LogP contribution in [-0.2, 0) is 16.0 Å². The SMILES string of the molecule is COC(=O)[C@@H](N)Cc1cn(C(C)C)nn1. The molecule has 0 amide bonds. The monoisotopic (exact) mass is 212 g/mol. The van der Waals surface area contributed by atoms with E-state index in [-0.39, 0.29) is 6.04 Å². The van der Waals surface area contributed by atoms with Crippen molar-refractivity contribution >= 4 is 5.97 Å². The lowest BCUT2D eigenvalue weighted by Gasteiger charge is -2.06. The molecular weight excluding hydrogens is 196 g/mol. The van der Waals surface area contributed by atoms with Crippen LogP contribution in [0, 0.1) is 0 Å². The van der Waals surface area contributed by atoms with Crippen LogP contribution < -0.4 is 5.73 Å². The molecule has 15 heavy (non-hydrogen) atoms. The normalized spacial score (nSPS) is 12.9. The van der Waals surface area contributed by atoms with Crippen LogP contribution in [0.1, 0.15) is 25.6 Å². The van der Waals surface area contributed by atoms with Gasteiger partial charge in [0.25, 0.3) is 0 Å². The minimum atomic E-state index is -0.674. The minimum absolute atomic E-state index is 0.251. The van der Waals surface area contributed by atoms with Gasteiger partial charge in [-0.2, -0.15) is 0 Å². The zero-order valence-electron chi connectivity index (χ0n) is 9.17. The smallest absolute Gasteiger partial charge is 0.323 e. The van der Waals surface area contributed by atoms with Crippen molar-refractivity contribution in [3.63, 3.8) is 0 Å². The highest BCUT2D eigenvalue weighted by molar-refractivity contribution is 5.75. The first-order chi connectivity index (χ1) is 7.04. The Morgan fingerprint density at radius 2 is 2.33 bits per heavy atom. The number of hydrogen-bond donors (Lipinski definition) is 1. The highest BCUT2D eigenvalue weighted by atomic mass is 16.5. The second-order valence-electron chi connectivity index (χ2n) is 3.62. The lowest BCUT2D eigenvalue weighted by molar-refractivity contribution is -0.142. The van der Waals surface area contributed by atoms with E-state index in [4.69, 9.17) is 5.73 Å². The lowest BCUT2D eigenvalue weighted by Crippen LogP contribution is -2.33. The van der Waals surface area contributed by atoms with E-state index in [1.54, 1.807) is 10.9 Å². The van der Waals surface area contributed by atoms with Gasteiger partial charge < -0.3 is 10.5 Å². The fourth-order valence-electron chi connectivity index (χ4n) is 1.12. The molecule has 1 heterocycles. The molecule has 0 fully saturated rings. The number of carbonyl (C=O) groups is 1. The molecule has 0 aliphatic heterocycles. The molecule has 0 aliphatic carbocycles. The first-order valence-electron chi connectivity index (χ1n) is 4.78. The molecule has 0 unspecified atom stereocenters. The van der Waals surface area contributed by atoms with Crippen LogP contribution in [-0.4, -0.2) is 34.1 Å². The molecule has 1 rings (SSSR count). The second-order valence-corrected chi connectivity index (χ2v) is 3.62. The molecule has 0 spiro atoms. The number of esters is 1. The summed E-state index contributed by atoms with van der Waals surface area (Å²) in [5.74, 6) is -0.436. The maximum absolute atomic E-state index is 11.1. The van der Waals surface area contributed by atoms with Crippen molar-refractivity contribution < 1.29 is 9.53 Å². The van der Waals surface area contributed by atoms with E-state index < -0.39 is 12.0 Å². The lowest BCUT2D eigenvalue weighted by atomic mass is 10.2. The number of aromatic nitrogens is 3. The zero-order chi connectivity index (χ0) is 11.4. The largest absolute Gasteiger partial charge is 0.468 e. The standard InChI is InChI=1S/C9H16N4O2/c1-6(2)13-5-7(11-12-13)4-8(10)9(14)15-3/h5-6,8H,4,10H2,1-3H3/t8-/m0/s1. The van der Waals surface area contributed by atoms with Crippen molar-refractivity contribution in [3.8, 4) is 0 Å². The van der Waals surface area contributed by atoms with Crippen LogP contribution in [0.15, 0.2) is 6.20 Å². The number of hydrogen-bond acceptors (Lipinski definition) is 5. The number of rotatable bonds is 4. The number of nitrogens with two attached hydrogens (primary N) is 1. The number of carbonyl (C=O) groups excluding carboxylic acids is 1. The second kappa shape index (κ2) is 4.88. The zero-order valence-corrected chi connectivity index (χ0v) is 9.17. The Labute approximate surface area is 88.4 Å². The van der Waals surface area contributed by atoms with Gasteiger partial charge in [0.15, 0.2) is 0 Å². The summed E-state index contributed by atoms with van der Waals surface area (Å²) in [5.41, 5.74) is 6.29. The third-order valence-corrected chi connectivity index (χ3v) is 2.02. The quantitative estimate of drug-likeness (QED) is 0.705. The Kier molecular flexibility index (Phi) is 3.79. The molecule has 1 aromatic heterocycles. The molecule has 0 radical (unpaired) electrons. The van der Waals surface area contributed by atoms with Gasteiger partial charge >= 0.3 is 5.97 Å². The molecule has 0 aromatic carbocycles. The van der Waals surface area contributed by atoms with E-state index >= 15 is 0 Å². The third kappa shape index (κ3) is 3.02. The van der Waals surface area contributed by atoms with Gasteiger partial charge in [-0.15, -0.1) is 5.10 Å². The van der Waals surface area contributed by atoms with E-state index in [1.165, 1.54) is 7.11 Å². The molecule has 0 aliphatic rings. The summed E-state index contributed by atoms with van der Waals surface area (Å²) in [4.78, 5) is 11.1. The molecule has 1 atom stereocenters. The molecule has 0 saturated heterocycles. The van der Waals surface area contributed by atoms with E-state index in [1.807, 2.05) is 13.8 Å². The number of nitrogens with zero attached hydrogens (tertiary/aromatic N) is 3. The van der Waals surface area contributed by atoms with Gasteiger partial charge in [-0.05, 0) is 13.8 Å². The van der Waals surface area contributed by atoms with Crippen LogP contribution >= 0.6 is 0 Å². The molecule has 0 saturated carbocycles. The van der Waals surface area contributed by atoms with Crippen molar-refractivity contribution in [1.29, 1.82) is 0 Å². The summed E-state index contributed by atoms with van der Waals surface area (Å²) in [6, 6.07) is -0.423. The molecular formula is C9H16N4O2. The number of ether oxygens (including phenoxy) is 1. The average molecular weight is 212 g/mol. The highest BCUT2D eigenvalue weighted by Gasteiger charge is 2.16. The van der Waals surface area contributed by atoms with Gasteiger partial charge in [-0.1, -0.05) is 5.21 Å². The van der Waals surface area contributed by atoms with Crippen molar-refractivity contribution in [2.75, 3.05) is 7.11 Å². The van der Waals surface area contributed by atoms with Crippen LogP contribution in [0.3, 0.4) is 0 Å². The summed E-state index contributed by atoms with van der Waals surface area (Å²) < 4.78 is 6.24.